The molecule has 0 aliphatic carbocycles. The fourth-order valence-corrected chi connectivity index (χ4v) is 5.64. The summed E-state index contributed by atoms with van der Waals surface area (Å²) in [6.07, 6.45) is 0. The Morgan fingerprint density at radius 1 is 0.650 bits per heavy atom. The van der Waals surface area contributed by atoms with Crippen LogP contribution in [0, 0.1) is 28.8 Å². The zero-order valence-electron chi connectivity index (χ0n) is 20.5. The first-order valence-electron chi connectivity index (χ1n) is 12.3. The Labute approximate surface area is 229 Å². The molecule has 0 radical (unpaired) electrons. The van der Waals surface area contributed by atoms with Gasteiger partial charge >= 0.3 is 0 Å². The Morgan fingerprint density at radius 3 is 2.05 bits per heavy atom. The first-order chi connectivity index (χ1) is 19.5. The summed E-state index contributed by atoms with van der Waals surface area (Å²) in [4.78, 5) is 4.98. The maximum Gasteiger partial charge on any atom is 0.177 e. The number of nitriles is 1. The van der Waals surface area contributed by atoms with Gasteiger partial charge in [0.2, 0.25) is 0 Å². The molecule has 0 aliphatic heterocycles. The molecule has 0 fully saturated rings. The number of benzene rings is 5. The third kappa shape index (κ3) is 3.71. The molecular formula is C32H15F3N4S. The van der Waals surface area contributed by atoms with E-state index in [0.717, 1.165) is 55.1 Å². The van der Waals surface area contributed by atoms with Gasteiger partial charge in [0.1, 0.15) is 22.9 Å². The van der Waals surface area contributed by atoms with E-state index in [4.69, 9.17) is 10.2 Å². The van der Waals surface area contributed by atoms with Crippen LogP contribution >= 0.6 is 11.7 Å². The molecule has 0 amide bonds. The smallest absolute Gasteiger partial charge is 0.177 e. The van der Waals surface area contributed by atoms with Crippen LogP contribution in [-0.2, 0) is 0 Å². The molecular weight excluding hydrogens is 529 g/mol. The second kappa shape index (κ2) is 9.26. The van der Waals surface area contributed by atoms with Crippen LogP contribution in [0.1, 0.15) is 5.56 Å². The van der Waals surface area contributed by atoms with Crippen LogP contribution in [0.3, 0.4) is 0 Å². The molecule has 0 aliphatic rings. The Bertz CT molecular complexity index is 2150. The van der Waals surface area contributed by atoms with Crippen LogP contribution in [0.4, 0.5) is 13.2 Å². The highest BCUT2D eigenvalue weighted by atomic mass is 32.1. The molecule has 0 saturated heterocycles. The molecule has 5 aromatic carbocycles. The molecule has 0 saturated carbocycles. The summed E-state index contributed by atoms with van der Waals surface area (Å²) in [7, 11) is 0. The molecule has 2 aromatic heterocycles. The van der Waals surface area contributed by atoms with Crippen molar-refractivity contribution in [2.75, 3.05) is 0 Å². The van der Waals surface area contributed by atoms with E-state index in [0.29, 0.717) is 6.07 Å². The van der Waals surface area contributed by atoms with Gasteiger partial charge in [-0.15, -0.1) is 0 Å². The molecule has 4 nitrogen and oxygen atoms in total. The Hall–Kier alpha value is -5.13. The molecule has 7 aromatic rings. The molecule has 7 rings (SSSR count). The summed E-state index contributed by atoms with van der Waals surface area (Å²) in [5.74, 6) is -3.73. The number of rotatable bonds is 3. The van der Waals surface area contributed by atoms with Crippen molar-refractivity contribution in [3.8, 4) is 39.6 Å². The van der Waals surface area contributed by atoms with Crippen molar-refractivity contribution in [2.24, 2.45) is 0 Å². The van der Waals surface area contributed by atoms with E-state index in [1.807, 2.05) is 60.7 Å². The molecule has 0 spiro atoms. The standard InChI is InChI=1S/C32H15F3N4S/c33-24-15-21(16-36)29(34)30(35)27(24)19-9-5-17(6-10-19)18-7-11-20(12-8-18)31-23-13-14-26-32(39-40-38-26)28(23)22-3-1-2-4-25(22)37-31/h1-15H. The molecule has 0 N–H and O–H groups in total. The van der Waals surface area contributed by atoms with E-state index in [1.54, 1.807) is 12.1 Å². The summed E-state index contributed by atoms with van der Waals surface area (Å²) in [6, 6.07) is 28.5. The van der Waals surface area contributed by atoms with E-state index < -0.39 is 28.6 Å². The van der Waals surface area contributed by atoms with Gasteiger partial charge in [-0.2, -0.15) is 14.0 Å². The number of para-hydroxylation sites is 1. The minimum Gasteiger partial charge on any atom is -0.247 e. The third-order valence-corrected chi connectivity index (χ3v) is 7.58. The minimum absolute atomic E-state index is 0.174. The predicted molar refractivity (Wildman–Crippen MR) is 151 cm³/mol. The normalized spacial score (nSPS) is 11.3. The largest absolute Gasteiger partial charge is 0.247 e. The number of pyridine rings is 1. The van der Waals surface area contributed by atoms with E-state index in [1.165, 1.54) is 29.9 Å². The topological polar surface area (TPSA) is 62.5 Å². The average molecular weight is 545 g/mol. The highest BCUT2D eigenvalue weighted by molar-refractivity contribution is 7.00. The quantitative estimate of drug-likeness (QED) is 0.165. The Kier molecular flexibility index (Phi) is 5.54. The number of halogens is 3. The summed E-state index contributed by atoms with van der Waals surface area (Å²) in [5.41, 5.74) is 5.03. The monoisotopic (exact) mass is 544 g/mol. The van der Waals surface area contributed by atoms with Crippen LogP contribution < -0.4 is 0 Å². The summed E-state index contributed by atoms with van der Waals surface area (Å²) in [5, 5.41) is 11.9. The lowest BCUT2D eigenvalue weighted by molar-refractivity contribution is 0.496. The molecule has 8 heteroatoms. The van der Waals surface area contributed by atoms with E-state index in [-0.39, 0.29) is 5.56 Å². The maximum atomic E-state index is 14.5. The zero-order chi connectivity index (χ0) is 27.4. The van der Waals surface area contributed by atoms with Crippen LogP contribution in [0.15, 0.2) is 91.0 Å². The van der Waals surface area contributed by atoms with Gasteiger partial charge < -0.3 is 0 Å². The minimum atomic E-state index is -1.38. The van der Waals surface area contributed by atoms with E-state index in [9.17, 15) is 13.2 Å². The second-order valence-electron chi connectivity index (χ2n) is 9.27. The average Bonchev–Trinajstić information content (AvgIpc) is 3.48. The van der Waals surface area contributed by atoms with E-state index in [2.05, 4.69) is 8.75 Å². The van der Waals surface area contributed by atoms with Crippen molar-refractivity contribution in [3.05, 3.63) is 114 Å². The van der Waals surface area contributed by atoms with Crippen molar-refractivity contribution >= 4 is 44.4 Å². The maximum absolute atomic E-state index is 14.5. The van der Waals surface area contributed by atoms with E-state index >= 15 is 0 Å². The summed E-state index contributed by atoms with van der Waals surface area (Å²) >= 11 is 1.19. The molecule has 40 heavy (non-hydrogen) atoms. The molecule has 0 atom stereocenters. The highest BCUT2D eigenvalue weighted by Gasteiger charge is 2.20. The lowest BCUT2D eigenvalue weighted by atomic mass is 9.96. The first-order valence-corrected chi connectivity index (χ1v) is 13.0. The Balaban J connectivity index is 1.28. The lowest BCUT2D eigenvalue weighted by Gasteiger charge is -2.11. The number of nitrogens with zero attached hydrogens (tertiary/aromatic N) is 4. The summed E-state index contributed by atoms with van der Waals surface area (Å²) < 4.78 is 52.1. The number of fused-ring (bicyclic) bond motifs is 5. The van der Waals surface area contributed by atoms with Crippen molar-refractivity contribution < 1.29 is 13.2 Å². The van der Waals surface area contributed by atoms with Gasteiger partial charge in [0.05, 0.1) is 34.1 Å². The highest BCUT2D eigenvalue weighted by Crippen LogP contribution is 2.37. The SMILES string of the molecule is N#Cc1cc(F)c(-c2ccc(-c3ccc(-c4nc5ccccc5c5c4ccc4nsnc45)cc3)cc2)c(F)c1F. The van der Waals surface area contributed by atoms with Crippen molar-refractivity contribution in [1.82, 2.24) is 13.7 Å². The van der Waals surface area contributed by atoms with Crippen molar-refractivity contribution in [3.63, 3.8) is 0 Å². The van der Waals surface area contributed by atoms with Gasteiger partial charge in [-0.1, -0.05) is 66.7 Å². The van der Waals surface area contributed by atoms with Crippen molar-refractivity contribution in [1.29, 1.82) is 5.26 Å². The van der Waals surface area contributed by atoms with Crippen LogP contribution in [0.2, 0.25) is 0 Å². The van der Waals surface area contributed by atoms with Gasteiger partial charge in [0.15, 0.2) is 11.6 Å². The van der Waals surface area contributed by atoms with Crippen LogP contribution in [-0.4, -0.2) is 13.7 Å². The fourth-order valence-electron chi connectivity index (χ4n) is 5.10. The van der Waals surface area contributed by atoms with Crippen molar-refractivity contribution in [2.45, 2.75) is 0 Å². The van der Waals surface area contributed by atoms with Gasteiger partial charge in [-0.3, -0.25) is 0 Å². The van der Waals surface area contributed by atoms with Crippen LogP contribution in [0.5, 0.6) is 0 Å². The first kappa shape index (κ1) is 23.9. The molecule has 190 valence electrons. The molecule has 0 bridgehead atoms. The molecule has 0 unspecified atom stereocenters. The fraction of sp³-hybridized carbons (Fsp3) is 0. The van der Waals surface area contributed by atoms with Gasteiger partial charge in [0, 0.05) is 21.7 Å². The zero-order valence-corrected chi connectivity index (χ0v) is 21.3. The Morgan fingerprint density at radius 2 is 1.32 bits per heavy atom. The third-order valence-electron chi connectivity index (χ3n) is 7.03. The van der Waals surface area contributed by atoms with Crippen LogP contribution in [0.25, 0.3) is 66.2 Å². The van der Waals surface area contributed by atoms with Gasteiger partial charge in [0.25, 0.3) is 0 Å². The predicted octanol–water partition coefficient (Wildman–Crippen LogP) is 8.68. The molecule has 2 heterocycles. The number of aromatic nitrogens is 3. The number of hydrogen-bond acceptors (Lipinski definition) is 5. The van der Waals surface area contributed by atoms with Gasteiger partial charge in [-0.25, -0.2) is 18.2 Å². The second-order valence-corrected chi connectivity index (χ2v) is 9.80. The lowest BCUT2D eigenvalue weighted by Crippen LogP contribution is -1.98. The van der Waals surface area contributed by atoms with Gasteiger partial charge in [-0.05, 0) is 41.0 Å². The number of hydrogen-bond donors (Lipinski definition) is 0. The summed E-state index contributed by atoms with van der Waals surface area (Å²) in [6.45, 7) is 0.